The molecular formula is C10H13N3O2. The van der Waals surface area contributed by atoms with Crippen LogP contribution in [0.5, 0.6) is 0 Å². The third-order valence-electron chi connectivity index (χ3n) is 1.85. The molecule has 2 N–H and O–H groups in total. The molecule has 1 rings (SSSR count). The minimum absolute atomic E-state index is 0.105. The molecule has 80 valence electrons. The van der Waals surface area contributed by atoms with Gasteiger partial charge in [-0.3, -0.25) is 9.59 Å². The molecule has 0 unspecified atom stereocenters. The highest BCUT2D eigenvalue weighted by Crippen LogP contribution is 2.02. The van der Waals surface area contributed by atoms with Crippen LogP contribution in [0.25, 0.3) is 0 Å². The number of carbonyl (C=O) groups excluding carboxylic acids is 2. The largest absolute Gasteiger partial charge is 0.343 e. The minimum Gasteiger partial charge on any atom is -0.343 e. The van der Waals surface area contributed by atoms with Gasteiger partial charge in [-0.05, 0) is 12.1 Å². The van der Waals surface area contributed by atoms with Crippen LogP contribution in [0.1, 0.15) is 21.0 Å². The summed E-state index contributed by atoms with van der Waals surface area (Å²) in [5.74, 6) is -0.509. The van der Waals surface area contributed by atoms with Crippen LogP contribution < -0.4 is 5.73 Å². The average molecular weight is 207 g/mol. The number of rotatable bonds is 3. The quantitative estimate of drug-likeness (QED) is 0.703. The van der Waals surface area contributed by atoms with E-state index in [1.165, 1.54) is 4.90 Å². The first-order chi connectivity index (χ1) is 7.06. The van der Waals surface area contributed by atoms with Crippen LogP contribution in [0.2, 0.25) is 0 Å². The molecule has 1 heterocycles. The minimum atomic E-state index is -0.275. The zero-order chi connectivity index (χ0) is 11.4. The highest BCUT2D eigenvalue weighted by Gasteiger charge is 2.12. The fraction of sp³-hybridized carbons (Fsp3) is 0.300. The van der Waals surface area contributed by atoms with Gasteiger partial charge in [0.1, 0.15) is 11.4 Å². The lowest BCUT2D eigenvalue weighted by Crippen LogP contribution is -2.24. The Balaban J connectivity index is 3.02. The fourth-order valence-corrected chi connectivity index (χ4v) is 1.04. The highest BCUT2D eigenvalue weighted by molar-refractivity contribution is 5.98. The second kappa shape index (κ2) is 4.65. The number of aromatic nitrogens is 1. The van der Waals surface area contributed by atoms with Gasteiger partial charge < -0.3 is 10.6 Å². The maximum Gasteiger partial charge on any atom is 0.271 e. The average Bonchev–Trinajstić information content (AvgIpc) is 2.27. The molecule has 0 spiro atoms. The molecule has 0 aliphatic carbocycles. The SMILES string of the molecule is CN(C)C(=O)c1cccc(C(=O)CN)n1. The summed E-state index contributed by atoms with van der Waals surface area (Å²) in [6.07, 6.45) is 0. The Labute approximate surface area is 87.9 Å². The first kappa shape index (κ1) is 11.3. The third-order valence-corrected chi connectivity index (χ3v) is 1.85. The lowest BCUT2D eigenvalue weighted by atomic mass is 10.2. The Morgan fingerprint density at radius 2 is 1.93 bits per heavy atom. The standard InChI is InChI=1S/C10H13N3O2/c1-13(2)10(15)8-5-3-4-7(12-8)9(14)6-11/h3-5H,6,11H2,1-2H3. The number of hydrogen-bond acceptors (Lipinski definition) is 4. The predicted octanol–water partition coefficient (Wildman–Crippen LogP) is -0.0752. The lowest BCUT2D eigenvalue weighted by molar-refractivity contribution is 0.0822. The Hall–Kier alpha value is -1.75. The van der Waals surface area contributed by atoms with Crippen LogP contribution in [-0.2, 0) is 0 Å². The summed E-state index contributed by atoms with van der Waals surface area (Å²) in [4.78, 5) is 28.1. The Morgan fingerprint density at radius 3 is 2.47 bits per heavy atom. The van der Waals surface area contributed by atoms with Crippen LogP contribution in [-0.4, -0.2) is 42.2 Å². The smallest absolute Gasteiger partial charge is 0.271 e. The Morgan fingerprint density at radius 1 is 1.33 bits per heavy atom. The zero-order valence-electron chi connectivity index (χ0n) is 8.73. The van der Waals surface area contributed by atoms with Crippen molar-refractivity contribution in [2.24, 2.45) is 5.73 Å². The van der Waals surface area contributed by atoms with Crippen molar-refractivity contribution in [2.45, 2.75) is 0 Å². The zero-order valence-corrected chi connectivity index (χ0v) is 8.73. The van der Waals surface area contributed by atoms with Crippen molar-refractivity contribution in [2.75, 3.05) is 20.6 Å². The van der Waals surface area contributed by atoms with E-state index in [9.17, 15) is 9.59 Å². The van der Waals surface area contributed by atoms with Crippen LogP contribution in [0.3, 0.4) is 0 Å². The van der Waals surface area contributed by atoms with Crippen molar-refractivity contribution in [1.29, 1.82) is 0 Å². The number of ketones is 1. The van der Waals surface area contributed by atoms with E-state index >= 15 is 0 Å². The van der Waals surface area contributed by atoms with Crippen molar-refractivity contribution in [3.8, 4) is 0 Å². The van der Waals surface area contributed by atoms with Gasteiger partial charge in [-0.2, -0.15) is 0 Å². The van der Waals surface area contributed by atoms with Gasteiger partial charge in [0.15, 0.2) is 5.78 Å². The summed E-state index contributed by atoms with van der Waals surface area (Å²) >= 11 is 0. The van der Waals surface area contributed by atoms with E-state index in [4.69, 9.17) is 5.73 Å². The van der Waals surface area contributed by atoms with Gasteiger partial charge in [-0.15, -0.1) is 0 Å². The van der Waals surface area contributed by atoms with Gasteiger partial charge in [-0.1, -0.05) is 6.07 Å². The monoisotopic (exact) mass is 207 g/mol. The van der Waals surface area contributed by atoms with Gasteiger partial charge in [0, 0.05) is 14.1 Å². The fourth-order valence-electron chi connectivity index (χ4n) is 1.04. The number of pyridine rings is 1. The number of amides is 1. The molecular weight excluding hydrogens is 194 g/mol. The molecule has 0 saturated heterocycles. The molecule has 1 aromatic rings. The molecule has 1 amide bonds. The van der Waals surface area contributed by atoms with E-state index in [1.807, 2.05) is 0 Å². The number of nitrogens with zero attached hydrogens (tertiary/aromatic N) is 2. The van der Waals surface area contributed by atoms with Gasteiger partial charge >= 0.3 is 0 Å². The second-order valence-corrected chi connectivity index (χ2v) is 3.23. The Kier molecular flexibility index (Phi) is 3.51. The maximum atomic E-state index is 11.5. The molecule has 1 aromatic heterocycles. The third kappa shape index (κ3) is 2.60. The Bertz CT molecular complexity index is 388. The molecule has 0 aromatic carbocycles. The first-order valence-electron chi connectivity index (χ1n) is 4.48. The van der Waals surface area contributed by atoms with Crippen LogP contribution in [0, 0.1) is 0 Å². The maximum absolute atomic E-state index is 11.5. The van der Waals surface area contributed by atoms with E-state index in [1.54, 1.807) is 32.3 Å². The van der Waals surface area contributed by atoms with Crippen molar-refractivity contribution in [1.82, 2.24) is 9.88 Å². The summed E-state index contributed by atoms with van der Waals surface area (Å²) in [7, 11) is 3.25. The van der Waals surface area contributed by atoms with E-state index in [2.05, 4.69) is 4.98 Å². The van der Waals surface area contributed by atoms with Gasteiger partial charge in [-0.25, -0.2) is 4.98 Å². The van der Waals surface area contributed by atoms with E-state index in [0.29, 0.717) is 0 Å². The van der Waals surface area contributed by atoms with E-state index in [0.717, 1.165) is 0 Å². The number of carbonyl (C=O) groups is 2. The molecule has 5 heteroatoms. The molecule has 0 radical (unpaired) electrons. The molecule has 0 aliphatic heterocycles. The second-order valence-electron chi connectivity index (χ2n) is 3.23. The number of Topliss-reactive ketones (excluding diaryl/α,β-unsaturated/α-hetero) is 1. The van der Waals surface area contributed by atoms with Crippen molar-refractivity contribution >= 4 is 11.7 Å². The highest BCUT2D eigenvalue weighted by atomic mass is 16.2. The van der Waals surface area contributed by atoms with Crippen molar-refractivity contribution in [3.05, 3.63) is 29.6 Å². The molecule has 15 heavy (non-hydrogen) atoms. The lowest BCUT2D eigenvalue weighted by Gasteiger charge is -2.09. The topological polar surface area (TPSA) is 76.3 Å². The van der Waals surface area contributed by atoms with Gasteiger partial charge in [0.05, 0.1) is 6.54 Å². The molecule has 0 aliphatic rings. The summed E-state index contributed by atoms with van der Waals surface area (Å²) < 4.78 is 0. The first-order valence-corrected chi connectivity index (χ1v) is 4.48. The molecule has 5 nitrogen and oxygen atoms in total. The molecule has 0 bridgehead atoms. The van der Waals surface area contributed by atoms with Gasteiger partial charge in [0.2, 0.25) is 0 Å². The normalized spacial score (nSPS) is 9.80. The molecule has 0 fully saturated rings. The molecule has 0 atom stereocenters. The predicted molar refractivity (Wildman–Crippen MR) is 55.6 cm³/mol. The van der Waals surface area contributed by atoms with Crippen LogP contribution in [0.15, 0.2) is 18.2 Å². The number of hydrogen-bond donors (Lipinski definition) is 1. The van der Waals surface area contributed by atoms with Crippen molar-refractivity contribution < 1.29 is 9.59 Å². The van der Waals surface area contributed by atoms with E-state index < -0.39 is 0 Å². The number of nitrogens with two attached hydrogens (primary N) is 1. The molecule has 0 saturated carbocycles. The van der Waals surface area contributed by atoms with Gasteiger partial charge in [0.25, 0.3) is 5.91 Å². The van der Waals surface area contributed by atoms with E-state index in [-0.39, 0.29) is 29.6 Å². The summed E-state index contributed by atoms with van der Waals surface area (Å²) in [5.41, 5.74) is 5.68. The summed E-state index contributed by atoms with van der Waals surface area (Å²) in [6.45, 7) is -0.105. The summed E-state index contributed by atoms with van der Waals surface area (Å²) in [5, 5.41) is 0. The van der Waals surface area contributed by atoms with Crippen molar-refractivity contribution in [3.63, 3.8) is 0 Å². The summed E-state index contributed by atoms with van der Waals surface area (Å²) in [6, 6.07) is 4.73. The van der Waals surface area contributed by atoms with Crippen LogP contribution in [0.4, 0.5) is 0 Å². The van der Waals surface area contributed by atoms with Crippen LogP contribution >= 0.6 is 0 Å².